The number of aliphatic hydroxyl groups excluding tert-OH is 1. The lowest BCUT2D eigenvalue weighted by Crippen LogP contribution is -2.00. The van der Waals surface area contributed by atoms with Gasteiger partial charge in [-0.2, -0.15) is 0 Å². The van der Waals surface area contributed by atoms with Crippen molar-refractivity contribution in [2.75, 3.05) is 0 Å². The highest BCUT2D eigenvalue weighted by molar-refractivity contribution is 9.10. The Kier molecular flexibility index (Phi) is 3.17. The van der Waals surface area contributed by atoms with Crippen molar-refractivity contribution in [3.8, 4) is 0 Å². The second-order valence-corrected chi connectivity index (χ2v) is 5.51. The molecule has 1 N–H and O–H groups in total. The van der Waals surface area contributed by atoms with Crippen molar-refractivity contribution in [3.05, 3.63) is 69.9 Å². The Labute approximate surface area is 119 Å². The monoisotopic (exact) mass is 316 g/mol. The van der Waals surface area contributed by atoms with E-state index < -0.39 is 6.10 Å². The standard InChI is InChI=1S/C16H13BrO2/c1-10-6-7-12(17)9-13(10)16(18)15-8-11-4-2-3-5-14(11)19-15/h2-9,16,18H,1H3. The van der Waals surface area contributed by atoms with Gasteiger partial charge in [0.1, 0.15) is 17.4 Å². The minimum atomic E-state index is -0.745. The lowest BCUT2D eigenvalue weighted by Gasteiger charge is -2.11. The molecule has 0 amide bonds. The third-order valence-corrected chi connectivity index (χ3v) is 3.74. The highest BCUT2D eigenvalue weighted by Gasteiger charge is 2.17. The molecule has 3 rings (SSSR count). The summed E-state index contributed by atoms with van der Waals surface area (Å²) in [5.74, 6) is 0.572. The van der Waals surface area contributed by atoms with E-state index in [-0.39, 0.29) is 0 Å². The van der Waals surface area contributed by atoms with Crippen molar-refractivity contribution in [2.24, 2.45) is 0 Å². The van der Waals surface area contributed by atoms with Gasteiger partial charge in [-0.3, -0.25) is 0 Å². The van der Waals surface area contributed by atoms with Gasteiger partial charge < -0.3 is 9.52 Å². The van der Waals surface area contributed by atoms with Crippen molar-refractivity contribution in [1.82, 2.24) is 0 Å². The van der Waals surface area contributed by atoms with Crippen LogP contribution < -0.4 is 0 Å². The normalized spacial score (nSPS) is 12.8. The molecule has 19 heavy (non-hydrogen) atoms. The summed E-state index contributed by atoms with van der Waals surface area (Å²) in [4.78, 5) is 0. The smallest absolute Gasteiger partial charge is 0.138 e. The summed E-state index contributed by atoms with van der Waals surface area (Å²) in [6.07, 6.45) is -0.745. The van der Waals surface area contributed by atoms with Crippen LogP contribution in [-0.4, -0.2) is 5.11 Å². The quantitative estimate of drug-likeness (QED) is 0.750. The van der Waals surface area contributed by atoms with Gasteiger partial charge in [0.15, 0.2) is 0 Å². The first kappa shape index (κ1) is 12.5. The number of hydrogen-bond donors (Lipinski definition) is 1. The number of hydrogen-bond acceptors (Lipinski definition) is 2. The molecule has 3 heteroatoms. The minimum absolute atomic E-state index is 0.572. The van der Waals surface area contributed by atoms with Crippen molar-refractivity contribution in [1.29, 1.82) is 0 Å². The van der Waals surface area contributed by atoms with Gasteiger partial charge in [0.05, 0.1) is 0 Å². The van der Waals surface area contributed by atoms with Gasteiger partial charge in [-0.05, 0) is 42.3 Å². The average molecular weight is 317 g/mol. The van der Waals surface area contributed by atoms with Crippen LogP contribution in [0, 0.1) is 6.92 Å². The maximum atomic E-state index is 10.5. The van der Waals surface area contributed by atoms with E-state index >= 15 is 0 Å². The molecule has 2 aromatic carbocycles. The van der Waals surface area contributed by atoms with Crippen LogP contribution in [0.3, 0.4) is 0 Å². The molecule has 0 radical (unpaired) electrons. The molecule has 0 aliphatic carbocycles. The lowest BCUT2D eigenvalue weighted by atomic mass is 10.0. The van der Waals surface area contributed by atoms with E-state index in [2.05, 4.69) is 15.9 Å². The molecule has 0 saturated carbocycles. The van der Waals surface area contributed by atoms with Gasteiger partial charge in [0.2, 0.25) is 0 Å². The molecule has 1 atom stereocenters. The van der Waals surface area contributed by atoms with Crippen molar-refractivity contribution >= 4 is 26.9 Å². The topological polar surface area (TPSA) is 33.4 Å². The van der Waals surface area contributed by atoms with Gasteiger partial charge in [-0.15, -0.1) is 0 Å². The largest absolute Gasteiger partial charge is 0.458 e. The average Bonchev–Trinajstić information content (AvgIpc) is 2.84. The van der Waals surface area contributed by atoms with Crippen LogP contribution in [-0.2, 0) is 0 Å². The number of para-hydroxylation sites is 1. The third kappa shape index (κ3) is 2.31. The molecule has 2 nitrogen and oxygen atoms in total. The number of aryl methyl sites for hydroxylation is 1. The Balaban J connectivity index is 2.07. The molecule has 0 bridgehead atoms. The Hall–Kier alpha value is -1.58. The van der Waals surface area contributed by atoms with Crippen molar-refractivity contribution in [3.63, 3.8) is 0 Å². The molecule has 1 unspecified atom stereocenters. The van der Waals surface area contributed by atoms with E-state index in [4.69, 9.17) is 4.42 Å². The van der Waals surface area contributed by atoms with Gasteiger partial charge in [0, 0.05) is 9.86 Å². The molecule has 1 heterocycles. The lowest BCUT2D eigenvalue weighted by molar-refractivity contribution is 0.191. The van der Waals surface area contributed by atoms with Gasteiger partial charge >= 0.3 is 0 Å². The number of furan rings is 1. The maximum Gasteiger partial charge on any atom is 0.138 e. The molecule has 3 aromatic rings. The number of aliphatic hydroxyl groups is 1. The van der Waals surface area contributed by atoms with Crippen LogP contribution in [0.4, 0.5) is 0 Å². The van der Waals surface area contributed by atoms with Crippen LogP contribution >= 0.6 is 15.9 Å². The minimum Gasteiger partial charge on any atom is -0.458 e. The zero-order chi connectivity index (χ0) is 13.4. The van der Waals surface area contributed by atoms with E-state index in [1.807, 2.05) is 55.5 Å². The number of halogens is 1. The maximum absolute atomic E-state index is 10.5. The zero-order valence-corrected chi connectivity index (χ0v) is 12.0. The first-order chi connectivity index (χ1) is 9.15. The molecule has 0 aliphatic rings. The predicted molar refractivity (Wildman–Crippen MR) is 79.2 cm³/mol. The summed E-state index contributed by atoms with van der Waals surface area (Å²) in [7, 11) is 0. The molecular formula is C16H13BrO2. The number of benzene rings is 2. The van der Waals surface area contributed by atoms with E-state index in [1.165, 1.54) is 0 Å². The SMILES string of the molecule is Cc1ccc(Br)cc1C(O)c1cc2ccccc2o1. The van der Waals surface area contributed by atoms with E-state index in [0.717, 1.165) is 26.6 Å². The van der Waals surface area contributed by atoms with Gasteiger partial charge in [-0.25, -0.2) is 0 Å². The summed E-state index contributed by atoms with van der Waals surface area (Å²) in [5.41, 5.74) is 2.69. The fourth-order valence-electron chi connectivity index (χ4n) is 2.20. The van der Waals surface area contributed by atoms with Crippen LogP contribution in [0.1, 0.15) is 23.0 Å². The second-order valence-electron chi connectivity index (χ2n) is 4.59. The summed E-state index contributed by atoms with van der Waals surface area (Å²) in [5, 5.41) is 11.5. The summed E-state index contributed by atoms with van der Waals surface area (Å²) < 4.78 is 6.66. The van der Waals surface area contributed by atoms with Crippen molar-refractivity contribution in [2.45, 2.75) is 13.0 Å². The summed E-state index contributed by atoms with van der Waals surface area (Å²) in [6, 6.07) is 15.5. The van der Waals surface area contributed by atoms with Crippen LogP contribution in [0.5, 0.6) is 0 Å². The Morgan fingerprint density at radius 3 is 2.68 bits per heavy atom. The van der Waals surface area contributed by atoms with Crippen LogP contribution in [0.2, 0.25) is 0 Å². The second kappa shape index (κ2) is 4.83. The Morgan fingerprint density at radius 1 is 1.11 bits per heavy atom. The molecule has 0 fully saturated rings. The third-order valence-electron chi connectivity index (χ3n) is 3.25. The highest BCUT2D eigenvalue weighted by Crippen LogP contribution is 2.31. The van der Waals surface area contributed by atoms with E-state index in [0.29, 0.717) is 5.76 Å². The molecule has 0 spiro atoms. The van der Waals surface area contributed by atoms with Crippen LogP contribution in [0.25, 0.3) is 11.0 Å². The Bertz CT molecular complexity index is 697. The highest BCUT2D eigenvalue weighted by atomic mass is 79.9. The fraction of sp³-hybridized carbons (Fsp3) is 0.125. The van der Waals surface area contributed by atoms with Crippen molar-refractivity contribution < 1.29 is 9.52 Å². The number of rotatable bonds is 2. The first-order valence-electron chi connectivity index (χ1n) is 6.08. The molecule has 96 valence electrons. The summed E-state index contributed by atoms with van der Waals surface area (Å²) >= 11 is 3.43. The Morgan fingerprint density at radius 2 is 1.89 bits per heavy atom. The first-order valence-corrected chi connectivity index (χ1v) is 6.87. The van der Waals surface area contributed by atoms with Crippen LogP contribution in [0.15, 0.2) is 57.4 Å². The molecule has 0 saturated heterocycles. The fourth-order valence-corrected chi connectivity index (χ4v) is 2.58. The molecule has 1 aromatic heterocycles. The molecular weight excluding hydrogens is 304 g/mol. The summed E-state index contributed by atoms with van der Waals surface area (Å²) in [6.45, 7) is 1.98. The van der Waals surface area contributed by atoms with Gasteiger partial charge in [-0.1, -0.05) is 40.2 Å². The molecule has 0 aliphatic heterocycles. The van der Waals surface area contributed by atoms with E-state index in [9.17, 15) is 5.11 Å². The zero-order valence-electron chi connectivity index (χ0n) is 10.4. The van der Waals surface area contributed by atoms with E-state index in [1.54, 1.807) is 0 Å². The number of fused-ring (bicyclic) bond motifs is 1. The van der Waals surface area contributed by atoms with Gasteiger partial charge in [0.25, 0.3) is 0 Å². The predicted octanol–water partition coefficient (Wildman–Crippen LogP) is 4.59.